The van der Waals surface area contributed by atoms with E-state index in [1.54, 1.807) is 42.3 Å². The van der Waals surface area contributed by atoms with E-state index in [2.05, 4.69) is 10.3 Å². The number of anilines is 2. The highest BCUT2D eigenvalue weighted by Gasteiger charge is 2.33. The Balaban J connectivity index is 1.87. The van der Waals surface area contributed by atoms with Gasteiger partial charge in [0, 0.05) is 37.0 Å². The molecule has 3 rings (SSSR count). The fourth-order valence-electron chi connectivity index (χ4n) is 3.12. The van der Waals surface area contributed by atoms with Crippen LogP contribution in [-0.4, -0.2) is 29.7 Å². The van der Waals surface area contributed by atoms with E-state index in [-0.39, 0.29) is 18.2 Å². The lowest BCUT2D eigenvalue weighted by molar-refractivity contribution is -0.0885. The van der Waals surface area contributed by atoms with Gasteiger partial charge in [-0.3, -0.25) is 0 Å². The average Bonchev–Trinajstić information content (AvgIpc) is 2.64. The van der Waals surface area contributed by atoms with E-state index in [1.807, 2.05) is 0 Å². The predicted octanol–water partition coefficient (Wildman–Crippen LogP) is 4.97. The summed E-state index contributed by atoms with van der Waals surface area (Å²) in [7, 11) is 1.73. The van der Waals surface area contributed by atoms with Crippen LogP contribution in [0.5, 0.6) is 0 Å². The predicted molar refractivity (Wildman–Crippen MR) is 106 cm³/mol. The molecule has 2 heterocycles. The van der Waals surface area contributed by atoms with Crippen LogP contribution in [-0.2, 0) is 6.54 Å². The molecule has 4 nitrogen and oxygen atoms in total. The topological polar surface area (TPSA) is 54.2 Å². The molecule has 0 bridgehead atoms. The minimum atomic E-state index is -4.44. The minimum Gasteiger partial charge on any atom is -0.383 e. The number of rotatable bonds is 4. The minimum absolute atomic E-state index is 0.101. The zero-order valence-corrected chi connectivity index (χ0v) is 15.9. The lowest BCUT2D eigenvalue weighted by Crippen LogP contribution is -2.22. The fraction of sp³-hybridized carbons (Fsp3) is 0.286. The number of hydrogen-bond donors (Lipinski definition) is 2. The van der Waals surface area contributed by atoms with E-state index in [0.29, 0.717) is 42.0 Å². The van der Waals surface area contributed by atoms with E-state index in [0.717, 1.165) is 6.08 Å². The number of aromatic nitrogens is 1. The van der Waals surface area contributed by atoms with E-state index >= 15 is 0 Å². The number of allylic oxidation sites excluding steroid dienone is 3. The Hall–Kier alpha value is -3.03. The zero-order valence-electron chi connectivity index (χ0n) is 15.9. The highest BCUT2D eigenvalue weighted by Crippen LogP contribution is 2.34. The molecule has 1 aliphatic rings. The summed E-state index contributed by atoms with van der Waals surface area (Å²) in [6.45, 7) is 0.808. The lowest BCUT2D eigenvalue weighted by Gasteiger charge is -2.26. The second kappa shape index (κ2) is 8.55. The molecule has 0 radical (unpaired) electrons. The summed E-state index contributed by atoms with van der Waals surface area (Å²) in [4.78, 5) is 5.99. The maximum Gasteiger partial charge on any atom is 0.416 e. The van der Waals surface area contributed by atoms with Crippen molar-refractivity contribution in [3.05, 3.63) is 71.1 Å². The smallest absolute Gasteiger partial charge is 0.383 e. The van der Waals surface area contributed by atoms with Crippen molar-refractivity contribution in [3.8, 4) is 0 Å². The first-order valence-corrected chi connectivity index (χ1v) is 9.20. The molecule has 0 aliphatic carbocycles. The summed E-state index contributed by atoms with van der Waals surface area (Å²) in [5.41, 5.74) is 6.62. The Kier molecular flexibility index (Phi) is 6.10. The number of benzene rings is 1. The molecule has 8 heteroatoms. The Morgan fingerprint density at radius 2 is 1.93 bits per heavy atom. The zero-order chi connectivity index (χ0) is 21.0. The molecule has 0 saturated heterocycles. The van der Waals surface area contributed by atoms with Crippen molar-refractivity contribution >= 4 is 17.3 Å². The molecule has 1 aromatic heterocycles. The van der Waals surface area contributed by atoms with Crippen LogP contribution >= 0.6 is 0 Å². The molecule has 1 aliphatic heterocycles. The molecule has 2 aromatic rings. The van der Waals surface area contributed by atoms with Crippen molar-refractivity contribution in [3.63, 3.8) is 0 Å². The monoisotopic (exact) mass is 406 g/mol. The standard InChI is InChI=1S/C21H22F4N4/c1-29-11-5-4-7-15(21(23,24)25)12-18(29)16-9-10-19(28-20(16)26)27-13-14-6-2-3-8-17(14)22/h2-3,6-10,12H,4-5,11,13H2,1H3,(H3,26,27,28)/b15-7-,18-12-. The molecule has 0 fully saturated rings. The second-order valence-corrected chi connectivity index (χ2v) is 6.82. The molecule has 0 saturated carbocycles. The Morgan fingerprint density at radius 3 is 2.62 bits per heavy atom. The number of nitrogen functional groups attached to an aromatic ring is 1. The second-order valence-electron chi connectivity index (χ2n) is 6.82. The van der Waals surface area contributed by atoms with Gasteiger partial charge in [-0.15, -0.1) is 0 Å². The summed E-state index contributed by atoms with van der Waals surface area (Å²) >= 11 is 0. The van der Waals surface area contributed by atoms with E-state index in [1.165, 1.54) is 12.1 Å². The Labute approximate surface area is 166 Å². The van der Waals surface area contributed by atoms with Crippen molar-refractivity contribution in [2.75, 3.05) is 24.6 Å². The van der Waals surface area contributed by atoms with Gasteiger partial charge >= 0.3 is 6.18 Å². The number of nitrogens with two attached hydrogens (primary N) is 1. The normalized spacial score (nSPS) is 18.9. The molecule has 0 atom stereocenters. The van der Waals surface area contributed by atoms with Crippen molar-refractivity contribution in [2.45, 2.75) is 25.6 Å². The largest absolute Gasteiger partial charge is 0.416 e. The van der Waals surface area contributed by atoms with Gasteiger partial charge in [-0.25, -0.2) is 9.37 Å². The van der Waals surface area contributed by atoms with E-state index in [4.69, 9.17) is 5.73 Å². The Morgan fingerprint density at radius 1 is 1.17 bits per heavy atom. The lowest BCUT2D eigenvalue weighted by atomic mass is 10.0. The molecule has 3 N–H and O–H groups in total. The number of nitrogens with one attached hydrogen (secondary N) is 1. The van der Waals surface area contributed by atoms with Gasteiger partial charge in [-0.2, -0.15) is 13.2 Å². The summed E-state index contributed by atoms with van der Waals surface area (Å²) < 4.78 is 53.7. The molecule has 154 valence electrons. The Bertz CT molecular complexity index is 935. The third kappa shape index (κ3) is 5.07. The molecule has 29 heavy (non-hydrogen) atoms. The van der Waals surface area contributed by atoms with Gasteiger partial charge in [0.1, 0.15) is 17.5 Å². The highest BCUT2D eigenvalue weighted by molar-refractivity contribution is 5.75. The molecule has 0 unspecified atom stereocenters. The number of halogens is 4. The van der Waals surface area contributed by atoms with Crippen LogP contribution in [0.15, 0.2) is 54.1 Å². The third-order valence-corrected chi connectivity index (χ3v) is 4.71. The third-order valence-electron chi connectivity index (χ3n) is 4.71. The molecule has 1 aromatic carbocycles. The van der Waals surface area contributed by atoms with Crippen LogP contribution in [0.1, 0.15) is 24.0 Å². The van der Waals surface area contributed by atoms with Gasteiger partial charge in [0.15, 0.2) is 0 Å². The quantitative estimate of drug-likeness (QED) is 0.704. The summed E-state index contributed by atoms with van der Waals surface area (Å²) in [5.74, 6) is 0.177. The van der Waals surface area contributed by atoms with Crippen molar-refractivity contribution < 1.29 is 17.6 Å². The van der Waals surface area contributed by atoms with Crippen LogP contribution in [0.2, 0.25) is 0 Å². The number of alkyl halides is 3. The number of hydrogen-bond acceptors (Lipinski definition) is 4. The SMILES string of the molecule is CN1CCC/C=C(C(F)(F)F)/C=C\1c1ccc(NCc2ccccc2F)nc1N. The van der Waals surface area contributed by atoms with Crippen LogP contribution in [0, 0.1) is 5.82 Å². The first-order valence-electron chi connectivity index (χ1n) is 9.20. The highest BCUT2D eigenvalue weighted by atomic mass is 19.4. The van der Waals surface area contributed by atoms with E-state index in [9.17, 15) is 17.6 Å². The van der Waals surface area contributed by atoms with Gasteiger partial charge in [0.25, 0.3) is 0 Å². The van der Waals surface area contributed by atoms with Gasteiger partial charge < -0.3 is 16.0 Å². The molecular formula is C21H22F4N4. The maximum atomic E-state index is 13.7. The first-order chi connectivity index (χ1) is 13.8. The number of pyridine rings is 1. The molecule has 0 amide bonds. The van der Waals surface area contributed by atoms with Crippen LogP contribution in [0.25, 0.3) is 5.70 Å². The average molecular weight is 406 g/mol. The van der Waals surface area contributed by atoms with Crippen molar-refractivity contribution in [2.24, 2.45) is 0 Å². The number of nitrogens with zero attached hydrogens (tertiary/aromatic N) is 2. The molecular weight excluding hydrogens is 384 g/mol. The molecule has 0 spiro atoms. The van der Waals surface area contributed by atoms with Gasteiger partial charge in [0.05, 0.1) is 5.57 Å². The summed E-state index contributed by atoms with van der Waals surface area (Å²) in [6.07, 6.45) is -1.16. The van der Waals surface area contributed by atoms with Crippen molar-refractivity contribution in [1.29, 1.82) is 0 Å². The fourth-order valence-corrected chi connectivity index (χ4v) is 3.12. The van der Waals surface area contributed by atoms with Crippen LogP contribution < -0.4 is 11.1 Å². The maximum absolute atomic E-state index is 13.7. The first kappa shape index (κ1) is 20.7. The summed E-state index contributed by atoms with van der Waals surface area (Å²) in [5, 5.41) is 2.98. The van der Waals surface area contributed by atoms with Gasteiger partial charge in [-0.05, 0) is 37.1 Å². The van der Waals surface area contributed by atoms with Crippen LogP contribution in [0.4, 0.5) is 29.2 Å². The van der Waals surface area contributed by atoms with Gasteiger partial charge in [0.2, 0.25) is 0 Å². The van der Waals surface area contributed by atoms with Crippen LogP contribution in [0.3, 0.4) is 0 Å². The van der Waals surface area contributed by atoms with Crippen molar-refractivity contribution in [1.82, 2.24) is 9.88 Å². The summed E-state index contributed by atoms with van der Waals surface area (Å²) in [6, 6.07) is 9.60. The van der Waals surface area contributed by atoms with E-state index < -0.39 is 11.7 Å². The van der Waals surface area contributed by atoms with Gasteiger partial charge in [-0.1, -0.05) is 24.3 Å².